The molecule has 3 atom stereocenters. The third kappa shape index (κ3) is 4.32. The lowest BCUT2D eigenvalue weighted by Gasteiger charge is -2.61. The van der Waals surface area contributed by atoms with Gasteiger partial charge in [0.1, 0.15) is 18.2 Å². The van der Waals surface area contributed by atoms with Crippen LogP contribution in [0.15, 0.2) is 24.5 Å². The predicted octanol–water partition coefficient (Wildman–Crippen LogP) is 3.29. The van der Waals surface area contributed by atoms with Crippen molar-refractivity contribution in [2.24, 2.45) is 5.92 Å². The summed E-state index contributed by atoms with van der Waals surface area (Å²) in [6, 6.07) is 2.91. The molecule has 0 aromatic carbocycles. The van der Waals surface area contributed by atoms with Gasteiger partial charge in [0.05, 0.1) is 18.0 Å². The average molecular weight is 511 g/mol. The van der Waals surface area contributed by atoms with Crippen LogP contribution in [0.3, 0.4) is 0 Å². The van der Waals surface area contributed by atoms with Crippen LogP contribution in [0.1, 0.15) is 36.8 Å². The normalized spacial score (nSPS) is 29.0. The molecule has 7 rings (SSSR count). The fourth-order valence-electron chi connectivity index (χ4n) is 4.92. The van der Waals surface area contributed by atoms with Gasteiger partial charge in [0.15, 0.2) is 23.9 Å². The molecule has 4 fully saturated rings. The SMILES string of the molecule is O=C(NC12CC(C1)C2)O[C@@H]1CO[C@H](c2cc(Nc3nccn4nc(COC(F)(F)F)cc34)n[nH]2)[C@@H]1F. The zero-order valence-corrected chi connectivity index (χ0v) is 18.6. The van der Waals surface area contributed by atoms with Crippen molar-refractivity contribution in [3.05, 3.63) is 35.9 Å². The number of carbonyl (C=O) groups is 1. The number of nitrogens with one attached hydrogen (secondary N) is 3. The highest BCUT2D eigenvalue weighted by Crippen LogP contribution is 2.57. The first kappa shape index (κ1) is 23.0. The summed E-state index contributed by atoms with van der Waals surface area (Å²) in [7, 11) is 0. The number of H-pyrrole nitrogens is 1. The summed E-state index contributed by atoms with van der Waals surface area (Å²) >= 11 is 0. The van der Waals surface area contributed by atoms with E-state index in [1.54, 1.807) is 0 Å². The molecule has 0 unspecified atom stereocenters. The zero-order chi connectivity index (χ0) is 25.1. The summed E-state index contributed by atoms with van der Waals surface area (Å²) in [6.45, 7) is -0.854. The maximum Gasteiger partial charge on any atom is 0.522 e. The monoisotopic (exact) mass is 511 g/mol. The van der Waals surface area contributed by atoms with Gasteiger partial charge >= 0.3 is 12.5 Å². The lowest BCUT2D eigenvalue weighted by molar-refractivity contribution is -0.330. The first-order valence-corrected chi connectivity index (χ1v) is 11.3. The topological polar surface area (TPSA) is 128 Å². The first-order valence-electron chi connectivity index (χ1n) is 11.3. The second kappa shape index (κ2) is 8.30. The van der Waals surface area contributed by atoms with E-state index in [9.17, 15) is 18.0 Å². The Balaban J connectivity index is 1.09. The Hall–Kier alpha value is -3.46. The minimum Gasteiger partial charge on any atom is -0.441 e. The number of hydrogen-bond acceptors (Lipinski definition) is 8. The van der Waals surface area contributed by atoms with Crippen molar-refractivity contribution >= 4 is 23.2 Å². The molecular formula is C21H21F4N7O4. The van der Waals surface area contributed by atoms with Gasteiger partial charge in [-0.2, -0.15) is 10.2 Å². The molecule has 0 spiro atoms. The van der Waals surface area contributed by atoms with Crippen LogP contribution in [-0.2, 0) is 20.8 Å². The van der Waals surface area contributed by atoms with Crippen molar-refractivity contribution in [2.45, 2.75) is 56.2 Å². The van der Waals surface area contributed by atoms with E-state index in [1.807, 2.05) is 0 Å². The molecule has 4 aliphatic rings. The maximum atomic E-state index is 15.0. The van der Waals surface area contributed by atoms with Gasteiger partial charge < -0.3 is 20.1 Å². The number of anilines is 2. The van der Waals surface area contributed by atoms with Crippen LogP contribution >= 0.6 is 0 Å². The number of fused-ring (bicyclic) bond motifs is 1. The fraction of sp³-hybridized carbons (Fsp3) is 0.524. The van der Waals surface area contributed by atoms with Gasteiger partial charge in [-0.3, -0.25) is 9.84 Å². The summed E-state index contributed by atoms with van der Waals surface area (Å²) < 4.78 is 68.0. The second-order valence-electron chi connectivity index (χ2n) is 9.34. The molecule has 192 valence electrons. The molecule has 1 aliphatic heterocycles. The van der Waals surface area contributed by atoms with E-state index in [4.69, 9.17) is 9.47 Å². The van der Waals surface area contributed by atoms with Gasteiger partial charge in [0.2, 0.25) is 0 Å². The smallest absolute Gasteiger partial charge is 0.441 e. The van der Waals surface area contributed by atoms with E-state index in [2.05, 4.69) is 35.7 Å². The number of rotatable bonds is 7. The van der Waals surface area contributed by atoms with Gasteiger partial charge in [-0.1, -0.05) is 0 Å². The molecule has 1 amide bonds. The van der Waals surface area contributed by atoms with Crippen LogP contribution in [0.5, 0.6) is 0 Å². The fourth-order valence-corrected chi connectivity index (χ4v) is 4.92. The van der Waals surface area contributed by atoms with Crippen molar-refractivity contribution in [3.63, 3.8) is 0 Å². The maximum absolute atomic E-state index is 15.0. The Morgan fingerprint density at radius 3 is 2.83 bits per heavy atom. The van der Waals surface area contributed by atoms with Gasteiger partial charge in [-0.15, -0.1) is 13.2 Å². The van der Waals surface area contributed by atoms with Crippen molar-refractivity contribution in [3.8, 4) is 0 Å². The first-order chi connectivity index (χ1) is 17.2. The van der Waals surface area contributed by atoms with Crippen molar-refractivity contribution < 1.29 is 36.6 Å². The van der Waals surface area contributed by atoms with E-state index < -0.39 is 37.4 Å². The molecule has 3 aliphatic carbocycles. The van der Waals surface area contributed by atoms with Crippen LogP contribution in [0.4, 0.5) is 34.0 Å². The number of alkyl carbamates (subject to hydrolysis) is 1. The van der Waals surface area contributed by atoms with Crippen LogP contribution in [0, 0.1) is 5.92 Å². The summed E-state index contributed by atoms with van der Waals surface area (Å²) in [6.07, 6.45) is -3.40. The number of aromatic nitrogens is 5. The molecule has 2 bridgehead atoms. The van der Waals surface area contributed by atoms with E-state index in [-0.39, 0.29) is 29.5 Å². The molecule has 11 nitrogen and oxygen atoms in total. The molecule has 3 N–H and O–H groups in total. The Morgan fingerprint density at radius 2 is 2.11 bits per heavy atom. The van der Waals surface area contributed by atoms with Crippen LogP contribution < -0.4 is 10.6 Å². The average Bonchev–Trinajstić information content (AvgIpc) is 3.48. The third-order valence-corrected chi connectivity index (χ3v) is 6.72. The van der Waals surface area contributed by atoms with Gasteiger partial charge in [-0.25, -0.2) is 18.7 Å². The number of nitrogens with zero attached hydrogens (tertiary/aromatic N) is 4. The summed E-state index contributed by atoms with van der Waals surface area (Å²) in [5, 5.41) is 16.6. The number of aromatic amines is 1. The number of amides is 1. The molecule has 3 aromatic rings. The lowest BCUT2D eigenvalue weighted by atomic mass is 9.50. The predicted molar refractivity (Wildman–Crippen MR) is 113 cm³/mol. The lowest BCUT2D eigenvalue weighted by Crippen LogP contribution is -2.68. The van der Waals surface area contributed by atoms with E-state index in [1.165, 1.54) is 29.0 Å². The highest BCUT2D eigenvalue weighted by atomic mass is 19.4. The second-order valence-corrected chi connectivity index (χ2v) is 9.34. The Kier molecular flexibility index (Phi) is 5.29. The zero-order valence-electron chi connectivity index (χ0n) is 18.6. The summed E-state index contributed by atoms with van der Waals surface area (Å²) in [5.41, 5.74) is 0.575. The van der Waals surface area contributed by atoms with Crippen LogP contribution in [0.2, 0.25) is 0 Å². The molecule has 0 radical (unpaired) electrons. The molecule has 3 aromatic heterocycles. The largest absolute Gasteiger partial charge is 0.522 e. The molecule has 1 saturated heterocycles. The van der Waals surface area contributed by atoms with Crippen molar-refractivity contribution in [2.75, 3.05) is 11.9 Å². The quantitative estimate of drug-likeness (QED) is 0.413. The molecule has 4 heterocycles. The third-order valence-electron chi connectivity index (χ3n) is 6.72. The molecule has 36 heavy (non-hydrogen) atoms. The molecule has 15 heteroatoms. The number of carbonyl (C=O) groups excluding carboxylic acids is 1. The number of alkyl halides is 4. The van der Waals surface area contributed by atoms with Gasteiger partial charge in [-0.05, 0) is 31.2 Å². The standard InChI is InChI=1S/C21H21F4N7O4/c22-16-14(36-19(33)28-20-5-10(6-20)7-20)9-34-17(16)12-4-15(30-29-12)27-18-13-3-11(8-35-21(23,24)25)31-32(13)2-1-26-18/h1-4,10,14,16-17H,5-9H2,(H,28,33)(H2,26,27,29,30)/t10?,14-,16-,17-,20?/m1/s1. The van der Waals surface area contributed by atoms with E-state index >= 15 is 4.39 Å². The van der Waals surface area contributed by atoms with E-state index in [0.717, 1.165) is 19.3 Å². The van der Waals surface area contributed by atoms with Crippen LogP contribution in [0.25, 0.3) is 5.52 Å². The Morgan fingerprint density at radius 1 is 1.31 bits per heavy atom. The van der Waals surface area contributed by atoms with E-state index in [0.29, 0.717) is 17.1 Å². The number of halogens is 4. The highest BCUT2D eigenvalue weighted by Gasteiger charge is 2.58. The minimum absolute atomic E-state index is 0.0508. The molecular weight excluding hydrogens is 490 g/mol. The summed E-state index contributed by atoms with van der Waals surface area (Å²) in [4.78, 5) is 16.3. The minimum atomic E-state index is -4.78. The Bertz CT molecular complexity index is 1280. The van der Waals surface area contributed by atoms with Crippen molar-refractivity contribution in [1.82, 2.24) is 30.1 Å². The molecule has 3 saturated carbocycles. The number of hydrogen-bond donors (Lipinski definition) is 3. The summed E-state index contributed by atoms with van der Waals surface area (Å²) in [5.74, 6) is 1.21. The van der Waals surface area contributed by atoms with Gasteiger partial charge in [0.25, 0.3) is 0 Å². The number of ether oxygens (including phenoxy) is 3. The Labute approximate surface area is 200 Å². The highest BCUT2D eigenvalue weighted by molar-refractivity contribution is 5.72. The van der Waals surface area contributed by atoms with Gasteiger partial charge in [0, 0.05) is 24.0 Å². The van der Waals surface area contributed by atoms with Crippen molar-refractivity contribution in [1.29, 1.82) is 0 Å². The van der Waals surface area contributed by atoms with Crippen LogP contribution in [-0.4, -0.2) is 61.7 Å².